The van der Waals surface area contributed by atoms with Crippen LogP contribution in [0.15, 0.2) is 78.9 Å². The van der Waals surface area contributed by atoms with Gasteiger partial charge >= 0.3 is 0 Å². The summed E-state index contributed by atoms with van der Waals surface area (Å²) in [5, 5.41) is 4.95. The summed E-state index contributed by atoms with van der Waals surface area (Å²) < 4.78 is 7.67. The Morgan fingerprint density at radius 1 is 0.976 bits per heavy atom. The monoisotopic (exact) mass is 580 g/mol. The Morgan fingerprint density at radius 2 is 1.67 bits per heavy atom. The largest absolute Gasteiger partial charge is 0.496 e. The molecule has 0 N–H and O–H groups in total. The van der Waals surface area contributed by atoms with Gasteiger partial charge in [-0.15, -0.1) is 11.8 Å². The molecule has 216 valence electrons. The maximum atomic E-state index is 14.0. The van der Waals surface area contributed by atoms with Crippen LogP contribution in [0.4, 0.5) is 5.82 Å². The molecule has 3 aromatic carbocycles. The number of piperidine rings is 1. The predicted molar refractivity (Wildman–Crippen MR) is 168 cm³/mol. The molecule has 42 heavy (non-hydrogen) atoms. The molecule has 0 bridgehead atoms. The third-order valence-corrected chi connectivity index (χ3v) is 9.50. The van der Waals surface area contributed by atoms with Gasteiger partial charge in [-0.25, -0.2) is 4.68 Å². The fraction of sp³-hybridized carbons (Fsp3) is 0.324. The van der Waals surface area contributed by atoms with E-state index in [1.807, 2.05) is 89.3 Å². The van der Waals surface area contributed by atoms with Crippen molar-refractivity contribution in [3.63, 3.8) is 0 Å². The molecule has 6 rings (SSSR count). The average Bonchev–Trinajstić information content (AvgIpc) is 3.34. The first-order chi connectivity index (χ1) is 20.4. The van der Waals surface area contributed by atoms with Gasteiger partial charge in [0, 0.05) is 29.8 Å². The molecule has 2 aliphatic heterocycles. The number of benzene rings is 3. The first-order valence-electron chi connectivity index (χ1n) is 14.5. The van der Waals surface area contributed by atoms with E-state index < -0.39 is 0 Å². The number of aryl methyl sites for hydroxylation is 1. The van der Waals surface area contributed by atoms with Gasteiger partial charge in [0.1, 0.15) is 18.1 Å². The number of rotatable bonds is 6. The van der Waals surface area contributed by atoms with Crippen LogP contribution in [0.3, 0.4) is 0 Å². The van der Waals surface area contributed by atoms with Crippen molar-refractivity contribution in [3.05, 3.63) is 95.6 Å². The van der Waals surface area contributed by atoms with Gasteiger partial charge in [0.15, 0.2) is 0 Å². The van der Waals surface area contributed by atoms with Crippen molar-refractivity contribution in [2.75, 3.05) is 37.4 Å². The number of fused-ring (bicyclic) bond motifs is 1. The lowest BCUT2D eigenvalue weighted by molar-refractivity contribution is -0.132. The van der Waals surface area contributed by atoms with Crippen LogP contribution in [0, 0.1) is 12.8 Å². The van der Waals surface area contributed by atoms with E-state index in [4.69, 9.17) is 9.84 Å². The van der Waals surface area contributed by atoms with Crippen LogP contribution < -0.4 is 9.64 Å². The van der Waals surface area contributed by atoms with Gasteiger partial charge in [-0.2, -0.15) is 5.10 Å². The third kappa shape index (κ3) is 5.43. The van der Waals surface area contributed by atoms with Crippen LogP contribution in [0.2, 0.25) is 0 Å². The Kier molecular flexibility index (Phi) is 8.07. The van der Waals surface area contributed by atoms with E-state index in [2.05, 4.69) is 13.0 Å². The number of anilines is 1. The zero-order valence-electron chi connectivity index (χ0n) is 24.3. The summed E-state index contributed by atoms with van der Waals surface area (Å²) in [6.45, 7) is 5.70. The number of aromatic nitrogens is 2. The summed E-state index contributed by atoms with van der Waals surface area (Å²) in [5.41, 5.74) is 5.58. The molecule has 1 aromatic heterocycles. The number of methoxy groups -OCH3 is 1. The molecule has 8 heteroatoms. The number of amides is 2. The number of thioether (sulfide) groups is 1. The molecule has 1 fully saturated rings. The van der Waals surface area contributed by atoms with E-state index in [-0.39, 0.29) is 29.4 Å². The lowest BCUT2D eigenvalue weighted by Gasteiger charge is -2.32. The highest BCUT2D eigenvalue weighted by atomic mass is 32.2. The lowest BCUT2D eigenvalue weighted by Crippen LogP contribution is -2.46. The maximum Gasteiger partial charge on any atom is 0.242 e. The second-order valence-electron chi connectivity index (χ2n) is 11.2. The fourth-order valence-corrected chi connectivity index (χ4v) is 7.04. The topological polar surface area (TPSA) is 67.7 Å². The van der Waals surface area contributed by atoms with E-state index in [9.17, 15) is 9.59 Å². The fourth-order valence-electron chi connectivity index (χ4n) is 5.82. The SMILES string of the molecule is COc1ccccc1C1SCC(=O)N(CC(=O)N2CCC(C)CC2)c2c1c(-c1ccccc1)nn2-c1ccc(C)cc1. The van der Waals surface area contributed by atoms with Crippen LogP contribution in [0.25, 0.3) is 16.9 Å². The number of carbonyl (C=O) groups is 2. The van der Waals surface area contributed by atoms with Crippen molar-refractivity contribution in [1.82, 2.24) is 14.7 Å². The number of ether oxygens (including phenoxy) is 1. The van der Waals surface area contributed by atoms with Crippen molar-refractivity contribution in [3.8, 4) is 22.7 Å². The number of hydrogen-bond acceptors (Lipinski definition) is 5. The molecule has 3 heterocycles. The van der Waals surface area contributed by atoms with Gasteiger partial charge in [0.25, 0.3) is 0 Å². The van der Waals surface area contributed by atoms with E-state index >= 15 is 0 Å². The summed E-state index contributed by atoms with van der Waals surface area (Å²) in [6, 6.07) is 26.1. The van der Waals surface area contributed by atoms with Gasteiger partial charge < -0.3 is 9.64 Å². The Balaban J connectivity index is 1.57. The third-order valence-electron chi connectivity index (χ3n) is 8.27. The van der Waals surface area contributed by atoms with E-state index in [0.717, 1.165) is 65.3 Å². The summed E-state index contributed by atoms with van der Waals surface area (Å²) in [7, 11) is 1.67. The van der Waals surface area contributed by atoms with Gasteiger partial charge in [0.05, 0.1) is 29.5 Å². The number of para-hydroxylation sites is 1. The van der Waals surface area contributed by atoms with Gasteiger partial charge in [-0.1, -0.05) is 73.2 Å². The van der Waals surface area contributed by atoms with Crippen molar-refractivity contribution < 1.29 is 14.3 Å². The zero-order valence-corrected chi connectivity index (χ0v) is 25.1. The highest BCUT2D eigenvalue weighted by molar-refractivity contribution is 8.00. The summed E-state index contributed by atoms with van der Waals surface area (Å²) in [6.07, 6.45) is 1.96. The zero-order chi connectivity index (χ0) is 29.2. The highest BCUT2D eigenvalue weighted by Crippen LogP contribution is 2.50. The van der Waals surface area contributed by atoms with E-state index in [1.165, 1.54) is 0 Å². The standard InChI is InChI=1S/C34H36N4O3S/c1-23-13-15-26(16-14-23)38-34-31(32(35-38)25-9-5-4-6-10-25)33(27-11-7-8-12-28(27)41-3)42-22-30(40)37(34)21-29(39)36-19-17-24(2)18-20-36/h4-16,24,33H,17-22H2,1-3H3. The molecule has 7 nitrogen and oxygen atoms in total. The van der Waals surface area contributed by atoms with Gasteiger partial charge in [0.2, 0.25) is 11.8 Å². The molecule has 1 unspecified atom stereocenters. The molecule has 0 radical (unpaired) electrons. The predicted octanol–water partition coefficient (Wildman–Crippen LogP) is 6.28. The molecule has 1 saturated heterocycles. The summed E-state index contributed by atoms with van der Waals surface area (Å²) in [5.74, 6) is 2.09. The molecule has 2 aliphatic rings. The van der Waals surface area contributed by atoms with Crippen LogP contribution >= 0.6 is 11.8 Å². The van der Waals surface area contributed by atoms with Crippen LogP contribution in [-0.2, 0) is 9.59 Å². The average molecular weight is 581 g/mol. The lowest BCUT2D eigenvalue weighted by atomic mass is 9.98. The maximum absolute atomic E-state index is 14.0. The van der Waals surface area contributed by atoms with Gasteiger partial charge in [-0.05, 0) is 43.9 Å². The Hall–Kier alpha value is -4.04. The summed E-state index contributed by atoms with van der Waals surface area (Å²) >= 11 is 1.55. The van der Waals surface area contributed by atoms with Crippen LogP contribution in [0.1, 0.15) is 41.7 Å². The van der Waals surface area contributed by atoms with Crippen molar-refractivity contribution >= 4 is 29.4 Å². The molecule has 0 spiro atoms. The molecule has 0 saturated carbocycles. The van der Waals surface area contributed by atoms with E-state index in [1.54, 1.807) is 23.8 Å². The normalized spacial score (nSPS) is 17.6. The molecular formula is C34H36N4O3S. The number of nitrogens with zero attached hydrogens (tertiary/aromatic N) is 4. The highest BCUT2D eigenvalue weighted by Gasteiger charge is 2.39. The minimum absolute atomic E-state index is 0.0226. The quantitative estimate of drug-likeness (QED) is 0.268. The molecule has 1 atom stereocenters. The smallest absolute Gasteiger partial charge is 0.242 e. The molecule has 0 aliphatic carbocycles. The van der Waals surface area contributed by atoms with Crippen molar-refractivity contribution in [2.45, 2.75) is 31.9 Å². The molecule has 4 aromatic rings. The minimum atomic E-state index is -0.245. The van der Waals surface area contributed by atoms with Gasteiger partial charge in [-0.3, -0.25) is 14.5 Å². The number of likely N-dealkylation sites (tertiary alicyclic amines) is 1. The second-order valence-corrected chi connectivity index (χ2v) is 12.3. The number of carbonyl (C=O) groups excluding carboxylic acids is 2. The first-order valence-corrected chi connectivity index (χ1v) is 15.6. The Bertz CT molecular complexity index is 1580. The summed E-state index contributed by atoms with van der Waals surface area (Å²) in [4.78, 5) is 31.3. The first kappa shape index (κ1) is 28.1. The van der Waals surface area contributed by atoms with Crippen molar-refractivity contribution in [1.29, 1.82) is 0 Å². The molecule has 2 amide bonds. The van der Waals surface area contributed by atoms with Crippen LogP contribution in [0.5, 0.6) is 5.75 Å². The minimum Gasteiger partial charge on any atom is -0.496 e. The van der Waals surface area contributed by atoms with Crippen molar-refractivity contribution in [2.24, 2.45) is 5.92 Å². The second kappa shape index (κ2) is 12.1. The molecular weight excluding hydrogens is 544 g/mol. The van der Waals surface area contributed by atoms with E-state index in [0.29, 0.717) is 11.7 Å². The van der Waals surface area contributed by atoms with Crippen LogP contribution in [-0.4, -0.2) is 59.0 Å². The Morgan fingerprint density at radius 3 is 2.38 bits per heavy atom. The number of hydrogen-bond donors (Lipinski definition) is 0. The Labute approximate surface area is 251 Å².